The van der Waals surface area contributed by atoms with E-state index in [0.717, 1.165) is 18.4 Å². The lowest BCUT2D eigenvalue weighted by Crippen LogP contribution is -2.47. The molecule has 0 bridgehead atoms. The minimum absolute atomic E-state index is 0.232. The molecule has 1 N–H and O–H groups in total. The summed E-state index contributed by atoms with van der Waals surface area (Å²) in [6.07, 6.45) is 0. The molecule has 0 aliphatic carbocycles. The molecule has 0 aromatic heterocycles. The van der Waals surface area contributed by atoms with Crippen molar-refractivity contribution in [2.75, 3.05) is 6.54 Å². The number of nitrogens with one attached hydrogen (secondary N) is 1. The van der Waals surface area contributed by atoms with Gasteiger partial charge in [0.1, 0.15) is 0 Å². The predicted octanol–water partition coefficient (Wildman–Crippen LogP) is 4.97. The predicted molar refractivity (Wildman–Crippen MR) is 83.9 cm³/mol. The van der Waals surface area contributed by atoms with Crippen LogP contribution >= 0.6 is 0 Å². The Morgan fingerprint density at radius 2 is 1.22 bits per heavy atom. The van der Waals surface area contributed by atoms with Crippen molar-refractivity contribution in [2.24, 2.45) is 29.1 Å². The molecular weight excluding hydrogens is 218 g/mol. The van der Waals surface area contributed by atoms with Gasteiger partial charge in [0.25, 0.3) is 0 Å². The van der Waals surface area contributed by atoms with E-state index in [-0.39, 0.29) is 5.54 Å². The molecular formula is C17H37N. The smallest absolute Gasteiger partial charge is 0.0148 e. The van der Waals surface area contributed by atoms with E-state index in [9.17, 15) is 0 Å². The van der Waals surface area contributed by atoms with Crippen molar-refractivity contribution in [1.29, 1.82) is 0 Å². The van der Waals surface area contributed by atoms with Gasteiger partial charge in [-0.15, -0.1) is 0 Å². The van der Waals surface area contributed by atoms with Crippen molar-refractivity contribution in [3.63, 3.8) is 0 Å². The van der Waals surface area contributed by atoms with Gasteiger partial charge in [0.2, 0.25) is 0 Å². The van der Waals surface area contributed by atoms with Crippen molar-refractivity contribution in [1.82, 2.24) is 5.32 Å². The van der Waals surface area contributed by atoms with E-state index in [4.69, 9.17) is 0 Å². The number of hydrogen-bond acceptors (Lipinski definition) is 1. The summed E-state index contributed by atoms with van der Waals surface area (Å²) in [6.45, 7) is 24.6. The van der Waals surface area contributed by atoms with Crippen molar-refractivity contribution in [3.05, 3.63) is 0 Å². The second kappa shape index (κ2) is 6.41. The molecule has 2 unspecified atom stereocenters. The molecule has 0 aliphatic rings. The third-order valence-electron chi connectivity index (χ3n) is 5.84. The maximum absolute atomic E-state index is 3.75. The van der Waals surface area contributed by atoms with Crippen LogP contribution in [-0.2, 0) is 0 Å². The highest BCUT2D eigenvalue weighted by molar-refractivity contribution is 4.86. The van der Waals surface area contributed by atoms with Gasteiger partial charge in [0.05, 0.1) is 0 Å². The van der Waals surface area contributed by atoms with Gasteiger partial charge in [-0.3, -0.25) is 0 Å². The number of rotatable bonds is 7. The summed E-state index contributed by atoms with van der Waals surface area (Å²) in [6, 6.07) is 0. The van der Waals surface area contributed by atoms with E-state index in [1.165, 1.54) is 0 Å². The Bertz CT molecular complexity index is 238. The van der Waals surface area contributed by atoms with Gasteiger partial charge < -0.3 is 5.32 Å². The monoisotopic (exact) mass is 255 g/mol. The van der Waals surface area contributed by atoms with Gasteiger partial charge >= 0.3 is 0 Å². The second-order valence-electron chi connectivity index (χ2n) is 8.00. The fraction of sp³-hybridized carbons (Fsp3) is 1.00. The summed E-state index contributed by atoms with van der Waals surface area (Å²) < 4.78 is 0. The van der Waals surface area contributed by atoms with Crippen LogP contribution < -0.4 is 5.32 Å². The Hall–Kier alpha value is -0.0400. The summed E-state index contributed by atoms with van der Waals surface area (Å²) >= 11 is 0. The van der Waals surface area contributed by atoms with Crippen molar-refractivity contribution >= 4 is 0 Å². The standard InChI is InChI=1S/C17H37N/c1-12(2)16(7,8)15(6)14(5)11-18-17(9,10)13(3)4/h12-15,18H,11H2,1-10H3. The molecule has 0 aliphatic heterocycles. The highest BCUT2D eigenvalue weighted by atomic mass is 15.0. The molecule has 2 atom stereocenters. The van der Waals surface area contributed by atoms with Crippen LogP contribution in [0.3, 0.4) is 0 Å². The van der Waals surface area contributed by atoms with Gasteiger partial charge in [0.15, 0.2) is 0 Å². The minimum atomic E-state index is 0.232. The summed E-state index contributed by atoms with van der Waals surface area (Å²) in [5.41, 5.74) is 0.638. The Labute approximate surface area is 116 Å². The first kappa shape index (κ1) is 18.0. The first-order valence-electron chi connectivity index (χ1n) is 7.68. The Morgan fingerprint density at radius 1 is 0.778 bits per heavy atom. The van der Waals surface area contributed by atoms with Crippen LogP contribution in [0.4, 0.5) is 0 Å². The largest absolute Gasteiger partial charge is 0.311 e. The zero-order chi connectivity index (χ0) is 14.7. The molecule has 0 rings (SSSR count). The molecule has 1 nitrogen and oxygen atoms in total. The summed E-state index contributed by atoms with van der Waals surface area (Å²) in [5.74, 6) is 2.83. The van der Waals surface area contributed by atoms with Crippen molar-refractivity contribution in [2.45, 2.75) is 74.8 Å². The third kappa shape index (κ3) is 4.57. The van der Waals surface area contributed by atoms with Gasteiger partial charge in [-0.05, 0) is 49.5 Å². The highest BCUT2D eigenvalue weighted by Crippen LogP contribution is 2.38. The minimum Gasteiger partial charge on any atom is -0.311 e. The van der Waals surface area contributed by atoms with Gasteiger partial charge in [0, 0.05) is 5.54 Å². The van der Waals surface area contributed by atoms with E-state index < -0.39 is 0 Å². The molecule has 1 heteroatoms. The quantitative estimate of drug-likeness (QED) is 0.677. The normalized spacial score (nSPS) is 17.3. The average Bonchev–Trinajstić information content (AvgIpc) is 2.24. The second-order valence-corrected chi connectivity index (χ2v) is 8.00. The maximum atomic E-state index is 3.75. The molecule has 0 radical (unpaired) electrons. The molecule has 0 amide bonds. The lowest BCUT2D eigenvalue weighted by molar-refractivity contribution is 0.0985. The molecule has 0 fully saturated rings. The molecule has 0 saturated carbocycles. The maximum Gasteiger partial charge on any atom is 0.0148 e. The summed E-state index contributed by atoms with van der Waals surface area (Å²) in [7, 11) is 0. The van der Waals surface area contributed by atoms with E-state index in [2.05, 4.69) is 74.6 Å². The zero-order valence-corrected chi connectivity index (χ0v) is 14.5. The molecule has 0 spiro atoms. The van der Waals surface area contributed by atoms with Crippen LogP contribution in [0.5, 0.6) is 0 Å². The number of hydrogen-bond donors (Lipinski definition) is 1. The van der Waals surface area contributed by atoms with E-state index in [0.29, 0.717) is 17.3 Å². The highest BCUT2D eigenvalue weighted by Gasteiger charge is 2.33. The van der Waals surface area contributed by atoms with Crippen LogP contribution in [0.25, 0.3) is 0 Å². The van der Waals surface area contributed by atoms with Crippen LogP contribution in [0.2, 0.25) is 0 Å². The Morgan fingerprint density at radius 3 is 1.56 bits per heavy atom. The van der Waals surface area contributed by atoms with Crippen LogP contribution in [0, 0.1) is 29.1 Å². The first-order chi connectivity index (χ1) is 7.93. The molecule has 18 heavy (non-hydrogen) atoms. The van der Waals surface area contributed by atoms with Crippen LogP contribution in [0.15, 0.2) is 0 Å². The first-order valence-corrected chi connectivity index (χ1v) is 7.68. The topological polar surface area (TPSA) is 12.0 Å². The van der Waals surface area contributed by atoms with E-state index in [1.54, 1.807) is 0 Å². The van der Waals surface area contributed by atoms with Gasteiger partial charge in [-0.1, -0.05) is 55.4 Å². The fourth-order valence-electron chi connectivity index (χ4n) is 2.06. The van der Waals surface area contributed by atoms with Gasteiger partial charge in [-0.2, -0.15) is 0 Å². The van der Waals surface area contributed by atoms with Gasteiger partial charge in [-0.25, -0.2) is 0 Å². The third-order valence-corrected chi connectivity index (χ3v) is 5.84. The summed E-state index contributed by atoms with van der Waals surface area (Å²) in [4.78, 5) is 0. The van der Waals surface area contributed by atoms with Crippen LogP contribution in [0.1, 0.15) is 69.2 Å². The zero-order valence-electron chi connectivity index (χ0n) is 14.5. The van der Waals surface area contributed by atoms with Crippen LogP contribution in [-0.4, -0.2) is 12.1 Å². The average molecular weight is 255 g/mol. The lowest BCUT2D eigenvalue weighted by atomic mass is 9.67. The Kier molecular flexibility index (Phi) is 6.40. The molecule has 0 heterocycles. The molecule has 0 saturated heterocycles. The summed E-state index contributed by atoms with van der Waals surface area (Å²) in [5, 5.41) is 3.75. The molecule has 0 aromatic rings. The lowest BCUT2D eigenvalue weighted by Gasteiger charge is -2.41. The molecule has 0 aromatic carbocycles. The van der Waals surface area contributed by atoms with Crippen molar-refractivity contribution in [3.8, 4) is 0 Å². The SMILES string of the molecule is CC(CNC(C)(C)C(C)C)C(C)C(C)(C)C(C)C. The van der Waals surface area contributed by atoms with E-state index >= 15 is 0 Å². The van der Waals surface area contributed by atoms with Crippen molar-refractivity contribution < 1.29 is 0 Å². The van der Waals surface area contributed by atoms with E-state index in [1.807, 2.05) is 0 Å². The molecule has 110 valence electrons. The fourth-order valence-corrected chi connectivity index (χ4v) is 2.06. The Balaban J connectivity index is 4.47.